The molecule has 2 heterocycles. The summed E-state index contributed by atoms with van der Waals surface area (Å²) in [6, 6.07) is 0.838. The van der Waals surface area contributed by atoms with Crippen molar-refractivity contribution >= 4 is 0 Å². The first kappa shape index (κ1) is 12.1. The molecule has 1 aliphatic carbocycles. The highest BCUT2D eigenvalue weighted by Crippen LogP contribution is 2.22. The lowest BCUT2D eigenvalue weighted by molar-refractivity contribution is 0.170. The molecule has 0 radical (unpaired) electrons. The molecule has 2 aliphatic rings. The van der Waals surface area contributed by atoms with E-state index in [2.05, 4.69) is 20.4 Å². The molecule has 0 bridgehead atoms. The fourth-order valence-electron chi connectivity index (χ4n) is 2.58. The van der Waals surface area contributed by atoms with Crippen molar-refractivity contribution in [1.82, 2.24) is 20.4 Å². The van der Waals surface area contributed by atoms with Crippen LogP contribution in [-0.2, 0) is 6.54 Å². The molecule has 0 spiro atoms. The van der Waals surface area contributed by atoms with Crippen LogP contribution in [0.15, 0.2) is 4.52 Å². The predicted octanol–water partition coefficient (Wildman–Crippen LogP) is 1.34. The van der Waals surface area contributed by atoms with Crippen LogP contribution in [0.4, 0.5) is 0 Å². The monoisotopic (exact) mass is 250 g/mol. The van der Waals surface area contributed by atoms with Crippen molar-refractivity contribution in [3.63, 3.8) is 0 Å². The van der Waals surface area contributed by atoms with E-state index in [0.29, 0.717) is 5.89 Å². The summed E-state index contributed by atoms with van der Waals surface area (Å²) in [5.74, 6) is 2.34. The number of likely N-dealkylation sites (tertiary alicyclic amines) is 1. The van der Waals surface area contributed by atoms with Gasteiger partial charge in [0.25, 0.3) is 0 Å². The second-order valence-corrected chi connectivity index (χ2v) is 5.63. The van der Waals surface area contributed by atoms with Gasteiger partial charge in [-0.1, -0.05) is 5.16 Å². The van der Waals surface area contributed by atoms with Gasteiger partial charge in [-0.3, -0.25) is 4.90 Å². The third kappa shape index (κ3) is 3.29. The van der Waals surface area contributed by atoms with E-state index < -0.39 is 0 Å². The van der Waals surface area contributed by atoms with Crippen LogP contribution in [-0.4, -0.2) is 40.7 Å². The Morgan fingerprint density at radius 1 is 1.28 bits per heavy atom. The normalized spacial score (nSPS) is 22.5. The summed E-state index contributed by atoms with van der Waals surface area (Å²) in [4.78, 5) is 6.69. The van der Waals surface area contributed by atoms with Gasteiger partial charge in [0.15, 0.2) is 5.82 Å². The molecule has 0 unspecified atom stereocenters. The quantitative estimate of drug-likeness (QED) is 0.854. The first-order valence-electron chi connectivity index (χ1n) is 7.04. The fourth-order valence-corrected chi connectivity index (χ4v) is 2.58. The number of nitrogens with one attached hydrogen (secondary N) is 1. The molecular formula is C13H22N4O. The fraction of sp³-hybridized carbons (Fsp3) is 0.846. The molecule has 1 saturated carbocycles. The Balaban J connectivity index is 1.39. The molecule has 1 N–H and O–H groups in total. The van der Waals surface area contributed by atoms with Crippen molar-refractivity contribution in [2.24, 2.45) is 5.92 Å². The van der Waals surface area contributed by atoms with Crippen LogP contribution in [0, 0.1) is 12.8 Å². The third-order valence-electron chi connectivity index (χ3n) is 3.91. The SMILES string of the molecule is Cc1nc(CN2CCC(CNC3CC3)CC2)no1. The van der Waals surface area contributed by atoms with E-state index in [9.17, 15) is 0 Å². The number of aromatic nitrogens is 2. The van der Waals surface area contributed by atoms with Gasteiger partial charge in [-0.2, -0.15) is 4.98 Å². The smallest absolute Gasteiger partial charge is 0.223 e. The molecule has 1 saturated heterocycles. The minimum Gasteiger partial charge on any atom is -0.340 e. The van der Waals surface area contributed by atoms with E-state index in [0.717, 1.165) is 37.4 Å². The van der Waals surface area contributed by atoms with Gasteiger partial charge >= 0.3 is 0 Å². The lowest BCUT2D eigenvalue weighted by atomic mass is 9.97. The van der Waals surface area contributed by atoms with Crippen molar-refractivity contribution in [2.45, 2.75) is 45.2 Å². The van der Waals surface area contributed by atoms with Gasteiger partial charge in [-0.25, -0.2) is 0 Å². The second kappa shape index (κ2) is 5.36. The van der Waals surface area contributed by atoms with Crippen molar-refractivity contribution in [3.8, 4) is 0 Å². The van der Waals surface area contributed by atoms with Gasteiger partial charge in [0.1, 0.15) is 0 Å². The van der Waals surface area contributed by atoms with Crippen molar-refractivity contribution in [2.75, 3.05) is 19.6 Å². The van der Waals surface area contributed by atoms with Crippen LogP contribution in [0.2, 0.25) is 0 Å². The lowest BCUT2D eigenvalue weighted by Gasteiger charge is -2.31. The number of hydrogen-bond donors (Lipinski definition) is 1. The number of piperidine rings is 1. The highest BCUT2D eigenvalue weighted by Gasteiger charge is 2.24. The highest BCUT2D eigenvalue weighted by molar-refractivity contribution is 4.86. The molecule has 0 amide bonds. The first-order valence-corrected chi connectivity index (χ1v) is 7.04. The van der Waals surface area contributed by atoms with E-state index >= 15 is 0 Å². The van der Waals surface area contributed by atoms with E-state index in [4.69, 9.17) is 4.52 Å². The Bertz CT molecular complexity index is 380. The van der Waals surface area contributed by atoms with E-state index in [1.54, 1.807) is 0 Å². The summed E-state index contributed by atoms with van der Waals surface area (Å²) >= 11 is 0. The molecule has 0 aromatic carbocycles. The maximum Gasteiger partial charge on any atom is 0.223 e. The Hall–Kier alpha value is -0.940. The zero-order chi connectivity index (χ0) is 12.4. The van der Waals surface area contributed by atoms with E-state index in [1.165, 1.54) is 32.2 Å². The summed E-state index contributed by atoms with van der Waals surface area (Å²) < 4.78 is 5.00. The first-order chi connectivity index (χ1) is 8.79. The van der Waals surface area contributed by atoms with Crippen LogP contribution in [0.25, 0.3) is 0 Å². The molecule has 5 nitrogen and oxygen atoms in total. The minimum atomic E-state index is 0.661. The Morgan fingerprint density at radius 3 is 2.67 bits per heavy atom. The van der Waals surface area contributed by atoms with Gasteiger partial charge < -0.3 is 9.84 Å². The summed E-state index contributed by atoms with van der Waals surface area (Å²) in [5, 5.41) is 7.59. The molecular weight excluding hydrogens is 228 g/mol. The van der Waals surface area contributed by atoms with Crippen molar-refractivity contribution < 1.29 is 4.52 Å². The van der Waals surface area contributed by atoms with Crippen molar-refractivity contribution in [3.05, 3.63) is 11.7 Å². The van der Waals surface area contributed by atoms with Gasteiger partial charge in [0.2, 0.25) is 5.89 Å². The minimum absolute atomic E-state index is 0.661. The standard InChI is InChI=1S/C13H22N4O/c1-10-15-13(16-18-10)9-17-6-4-11(5-7-17)8-14-12-2-3-12/h11-12,14H,2-9H2,1H3. The Morgan fingerprint density at radius 2 is 2.06 bits per heavy atom. The van der Waals surface area contributed by atoms with Gasteiger partial charge in [-0.05, 0) is 51.2 Å². The molecule has 1 aromatic rings. The summed E-state index contributed by atoms with van der Waals surface area (Å²) in [7, 11) is 0. The van der Waals surface area contributed by atoms with E-state index in [1.807, 2.05) is 6.92 Å². The molecule has 3 rings (SSSR count). The third-order valence-corrected chi connectivity index (χ3v) is 3.91. The largest absolute Gasteiger partial charge is 0.340 e. The molecule has 100 valence electrons. The zero-order valence-corrected chi connectivity index (χ0v) is 11.1. The average molecular weight is 250 g/mol. The van der Waals surface area contributed by atoms with Gasteiger partial charge in [-0.15, -0.1) is 0 Å². The molecule has 2 fully saturated rings. The average Bonchev–Trinajstić information content (AvgIpc) is 3.12. The van der Waals surface area contributed by atoms with Crippen LogP contribution < -0.4 is 5.32 Å². The van der Waals surface area contributed by atoms with Crippen molar-refractivity contribution in [1.29, 1.82) is 0 Å². The highest BCUT2D eigenvalue weighted by atomic mass is 16.5. The van der Waals surface area contributed by atoms with E-state index in [-0.39, 0.29) is 0 Å². The molecule has 0 atom stereocenters. The van der Waals surface area contributed by atoms with Gasteiger partial charge in [0.05, 0.1) is 6.54 Å². The second-order valence-electron chi connectivity index (χ2n) is 5.63. The van der Waals surface area contributed by atoms with Gasteiger partial charge in [0, 0.05) is 13.0 Å². The Labute approximate surface area is 108 Å². The number of aryl methyl sites for hydroxylation is 1. The number of hydrogen-bond acceptors (Lipinski definition) is 5. The number of rotatable bonds is 5. The predicted molar refractivity (Wildman–Crippen MR) is 68.1 cm³/mol. The van der Waals surface area contributed by atoms with Crippen LogP contribution >= 0.6 is 0 Å². The molecule has 5 heteroatoms. The van der Waals surface area contributed by atoms with Crippen LogP contribution in [0.5, 0.6) is 0 Å². The summed E-state index contributed by atoms with van der Waals surface area (Å²) in [5.41, 5.74) is 0. The summed E-state index contributed by atoms with van der Waals surface area (Å²) in [6.45, 7) is 6.20. The molecule has 1 aliphatic heterocycles. The molecule has 18 heavy (non-hydrogen) atoms. The zero-order valence-electron chi connectivity index (χ0n) is 11.1. The maximum absolute atomic E-state index is 5.00. The Kier molecular flexibility index (Phi) is 3.61. The molecule has 1 aromatic heterocycles. The number of nitrogens with zero attached hydrogens (tertiary/aromatic N) is 3. The van der Waals surface area contributed by atoms with Crippen LogP contribution in [0.1, 0.15) is 37.4 Å². The maximum atomic E-state index is 5.00. The van der Waals surface area contributed by atoms with Crippen LogP contribution in [0.3, 0.4) is 0 Å². The topological polar surface area (TPSA) is 54.2 Å². The lowest BCUT2D eigenvalue weighted by Crippen LogP contribution is -2.37. The summed E-state index contributed by atoms with van der Waals surface area (Å²) in [6.07, 6.45) is 5.35.